The fraction of sp³-hybridized carbons (Fsp3) is 1.00. The summed E-state index contributed by atoms with van der Waals surface area (Å²) in [4.78, 5) is 2.56. The predicted octanol–water partition coefficient (Wildman–Crippen LogP) is 2.89. The summed E-state index contributed by atoms with van der Waals surface area (Å²) in [5, 5.41) is 3.44. The zero-order valence-electron chi connectivity index (χ0n) is 11.5. The molecule has 1 rings (SSSR count). The molecule has 1 saturated heterocycles. The first-order chi connectivity index (χ1) is 7.77. The summed E-state index contributed by atoms with van der Waals surface area (Å²) in [6, 6.07) is 0.799. The summed E-state index contributed by atoms with van der Waals surface area (Å²) in [5.74, 6) is 0.997. The predicted molar refractivity (Wildman–Crippen MR) is 71.8 cm³/mol. The molecule has 2 nitrogen and oxygen atoms in total. The minimum Gasteiger partial charge on any atom is -0.317 e. The standard InChI is InChI=1S/C14H30N2/c1-4-14(5-2)16(3)12-6-7-13-8-10-15-11-9-13/h13-15H,4-12H2,1-3H3. The van der Waals surface area contributed by atoms with Crippen LogP contribution >= 0.6 is 0 Å². The first-order valence-corrected chi connectivity index (χ1v) is 7.18. The molecule has 16 heavy (non-hydrogen) atoms. The van der Waals surface area contributed by atoms with E-state index in [4.69, 9.17) is 0 Å². The van der Waals surface area contributed by atoms with Crippen LogP contribution in [0.15, 0.2) is 0 Å². The maximum atomic E-state index is 3.44. The van der Waals surface area contributed by atoms with E-state index in [1.165, 1.54) is 58.2 Å². The van der Waals surface area contributed by atoms with E-state index in [1.54, 1.807) is 0 Å². The topological polar surface area (TPSA) is 15.3 Å². The number of nitrogens with one attached hydrogen (secondary N) is 1. The molecule has 0 bridgehead atoms. The normalized spacial score (nSPS) is 18.6. The Balaban J connectivity index is 2.09. The zero-order chi connectivity index (χ0) is 11.8. The van der Waals surface area contributed by atoms with E-state index in [2.05, 4.69) is 31.1 Å². The molecule has 0 saturated carbocycles. The molecular formula is C14H30N2. The molecule has 1 aliphatic rings. The molecule has 0 aromatic heterocycles. The highest BCUT2D eigenvalue weighted by atomic mass is 15.1. The lowest BCUT2D eigenvalue weighted by molar-refractivity contribution is 0.216. The van der Waals surface area contributed by atoms with Gasteiger partial charge in [-0.1, -0.05) is 13.8 Å². The van der Waals surface area contributed by atoms with Gasteiger partial charge in [0, 0.05) is 6.04 Å². The van der Waals surface area contributed by atoms with Crippen LogP contribution in [0.2, 0.25) is 0 Å². The lowest BCUT2D eigenvalue weighted by Crippen LogP contribution is -2.32. The molecule has 0 aromatic carbocycles. The molecule has 1 heterocycles. The van der Waals surface area contributed by atoms with Crippen LogP contribution in [-0.4, -0.2) is 37.6 Å². The number of hydrogen-bond acceptors (Lipinski definition) is 2. The van der Waals surface area contributed by atoms with Gasteiger partial charge in [0.25, 0.3) is 0 Å². The number of piperidine rings is 1. The Labute approximate surface area is 102 Å². The molecule has 1 aliphatic heterocycles. The largest absolute Gasteiger partial charge is 0.317 e. The first-order valence-electron chi connectivity index (χ1n) is 7.18. The highest BCUT2D eigenvalue weighted by Gasteiger charge is 2.14. The third kappa shape index (κ3) is 4.84. The van der Waals surface area contributed by atoms with Crippen molar-refractivity contribution in [1.29, 1.82) is 0 Å². The highest BCUT2D eigenvalue weighted by Crippen LogP contribution is 2.18. The molecule has 0 radical (unpaired) electrons. The first kappa shape index (κ1) is 14.0. The van der Waals surface area contributed by atoms with Crippen LogP contribution in [0, 0.1) is 5.92 Å². The van der Waals surface area contributed by atoms with Crippen molar-refractivity contribution in [3.05, 3.63) is 0 Å². The van der Waals surface area contributed by atoms with Gasteiger partial charge in [-0.15, -0.1) is 0 Å². The van der Waals surface area contributed by atoms with Gasteiger partial charge in [0.2, 0.25) is 0 Å². The second-order valence-corrected chi connectivity index (χ2v) is 5.29. The minimum atomic E-state index is 0.799. The van der Waals surface area contributed by atoms with Crippen LogP contribution < -0.4 is 5.32 Å². The quantitative estimate of drug-likeness (QED) is 0.718. The number of rotatable bonds is 7. The Morgan fingerprint density at radius 1 is 1.19 bits per heavy atom. The Bertz CT molecular complexity index is 160. The summed E-state index contributed by atoms with van der Waals surface area (Å²) >= 11 is 0. The number of hydrogen-bond donors (Lipinski definition) is 1. The van der Waals surface area contributed by atoms with E-state index in [0.717, 1.165) is 12.0 Å². The lowest BCUT2D eigenvalue weighted by Gasteiger charge is -2.27. The summed E-state index contributed by atoms with van der Waals surface area (Å²) in [6.07, 6.45) is 8.20. The fourth-order valence-electron chi connectivity index (χ4n) is 2.89. The van der Waals surface area contributed by atoms with Gasteiger partial charge in [0.1, 0.15) is 0 Å². The van der Waals surface area contributed by atoms with Gasteiger partial charge in [0.15, 0.2) is 0 Å². The highest BCUT2D eigenvalue weighted by molar-refractivity contribution is 4.70. The van der Waals surface area contributed by atoms with Gasteiger partial charge in [-0.05, 0) is 71.1 Å². The Morgan fingerprint density at radius 2 is 1.81 bits per heavy atom. The van der Waals surface area contributed by atoms with Crippen molar-refractivity contribution in [2.24, 2.45) is 5.92 Å². The van der Waals surface area contributed by atoms with E-state index in [-0.39, 0.29) is 0 Å². The van der Waals surface area contributed by atoms with Gasteiger partial charge >= 0.3 is 0 Å². The smallest absolute Gasteiger partial charge is 0.00869 e. The third-order valence-electron chi connectivity index (χ3n) is 4.15. The summed E-state index contributed by atoms with van der Waals surface area (Å²) in [7, 11) is 2.29. The molecule has 1 N–H and O–H groups in total. The van der Waals surface area contributed by atoms with E-state index < -0.39 is 0 Å². The van der Waals surface area contributed by atoms with Crippen LogP contribution in [0.25, 0.3) is 0 Å². The molecule has 0 amide bonds. The van der Waals surface area contributed by atoms with Crippen LogP contribution in [-0.2, 0) is 0 Å². The summed E-state index contributed by atoms with van der Waals surface area (Å²) in [5.41, 5.74) is 0. The molecule has 0 unspecified atom stereocenters. The van der Waals surface area contributed by atoms with Crippen LogP contribution in [0.3, 0.4) is 0 Å². The van der Waals surface area contributed by atoms with Crippen molar-refractivity contribution in [3.63, 3.8) is 0 Å². The maximum Gasteiger partial charge on any atom is 0.00869 e. The van der Waals surface area contributed by atoms with Crippen LogP contribution in [0.4, 0.5) is 0 Å². The fourth-order valence-corrected chi connectivity index (χ4v) is 2.89. The second kappa shape index (κ2) is 8.08. The van der Waals surface area contributed by atoms with Gasteiger partial charge in [-0.25, -0.2) is 0 Å². The average Bonchev–Trinajstić information content (AvgIpc) is 2.32. The van der Waals surface area contributed by atoms with E-state index in [0.29, 0.717) is 0 Å². The van der Waals surface area contributed by atoms with Crippen molar-refractivity contribution in [1.82, 2.24) is 10.2 Å². The molecule has 1 fully saturated rings. The second-order valence-electron chi connectivity index (χ2n) is 5.29. The van der Waals surface area contributed by atoms with Crippen LogP contribution in [0.5, 0.6) is 0 Å². The molecule has 0 aromatic rings. The summed E-state index contributed by atoms with van der Waals surface area (Å²) in [6.45, 7) is 8.38. The number of nitrogens with zero attached hydrogens (tertiary/aromatic N) is 1. The zero-order valence-corrected chi connectivity index (χ0v) is 11.5. The molecule has 0 atom stereocenters. The van der Waals surface area contributed by atoms with Gasteiger partial charge in [-0.2, -0.15) is 0 Å². The van der Waals surface area contributed by atoms with Crippen LogP contribution in [0.1, 0.15) is 52.4 Å². The van der Waals surface area contributed by atoms with Crippen molar-refractivity contribution in [2.75, 3.05) is 26.7 Å². The molecule has 0 aliphatic carbocycles. The minimum absolute atomic E-state index is 0.799. The third-order valence-corrected chi connectivity index (χ3v) is 4.15. The van der Waals surface area contributed by atoms with E-state index >= 15 is 0 Å². The Morgan fingerprint density at radius 3 is 2.38 bits per heavy atom. The SMILES string of the molecule is CCC(CC)N(C)CCCC1CCNCC1. The summed E-state index contributed by atoms with van der Waals surface area (Å²) < 4.78 is 0. The van der Waals surface area contributed by atoms with E-state index in [9.17, 15) is 0 Å². The van der Waals surface area contributed by atoms with Crippen molar-refractivity contribution < 1.29 is 0 Å². The molecule has 96 valence electrons. The average molecular weight is 226 g/mol. The lowest BCUT2D eigenvalue weighted by atomic mass is 9.93. The molecule has 0 spiro atoms. The maximum absolute atomic E-state index is 3.44. The Hall–Kier alpha value is -0.0800. The monoisotopic (exact) mass is 226 g/mol. The van der Waals surface area contributed by atoms with Crippen molar-refractivity contribution in [3.8, 4) is 0 Å². The van der Waals surface area contributed by atoms with Crippen molar-refractivity contribution in [2.45, 2.75) is 58.4 Å². The van der Waals surface area contributed by atoms with Gasteiger partial charge in [0.05, 0.1) is 0 Å². The van der Waals surface area contributed by atoms with Gasteiger partial charge in [-0.3, -0.25) is 0 Å². The van der Waals surface area contributed by atoms with E-state index in [1.807, 2.05) is 0 Å². The van der Waals surface area contributed by atoms with Crippen molar-refractivity contribution >= 4 is 0 Å². The molecular weight excluding hydrogens is 196 g/mol. The Kier molecular flexibility index (Phi) is 7.06. The van der Waals surface area contributed by atoms with Gasteiger partial charge < -0.3 is 10.2 Å². The molecule has 2 heteroatoms.